The molecule has 160 valence electrons. The molecule has 5 rings (SSSR count). The predicted octanol–water partition coefficient (Wildman–Crippen LogP) is 5.06. The Morgan fingerprint density at radius 3 is 2.84 bits per heavy atom. The van der Waals surface area contributed by atoms with Crippen LogP contribution < -0.4 is 4.90 Å². The Labute approximate surface area is 183 Å². The number of nitrogens with zero attached hydrogens (tertiary/aromatic N) is 5. The second-order valence-electron chi connectivity index (χ2n) is 9.03. The molecule has 4 aromatic rings. The van der Waals surface area contributed by atoms with Gasteiger partial charge in [0.25, 0.3) is 0 Å². The maximum Gasteiger partial charge on any atom is 0.114 e. The highest BCUT2D eigenvalue weighted by atomic mass is 15.4. The van der Waals surface area contributed by atoms with Gasteiger partial charge in [0.15, 0.2) is 0 Å². The Bertz CT molecular complexity index is 1170. The monoisotopic (exact) mass is 414 g/mol. The molecule has 0 bridgehead atoms. The van der Waals surface area contributed by atoms with Gasteiger partial charge in [0.1, 0.15) is 5.69 Å². The highest BCUT2D eigenvalue weighted by Crippen LogP contribution is 2.31. The topological polar surface area (TPSA) is 62.6 Å². The molecular weight excluding hydrogens is 384 g/mol. The first-order valence-electron chi connectivity index (χ1n) is 11.3. The first kappa shape index (κ1) is 19.8. The summed E-state index contributed by atoms with van der Waals surface area (Å²) in [6.45, 7) is 0.694. The van der Waals surface area contributed by atoms with E-state index in [9.17, 15) is 0 Å². The molecule has 31 heavy (non-hydrogen) atoms. The van der Waals surface area contributed by atoms with Crippen molar-refractivity contribution in [3.05, 3.63) is 60.2 Å². The Morgan fingerprint density at radius 2 is 2.03 bits per heavy atom. The molecule has 0 amide bonds. The van der Waals surface area contributed by atoms with Crippen molar-refractivity contribution in [1.82, 2.24) is 25.0 Å². The second-order valence-corrected chi connectivity index (χ2v) is 9.03. The fourth-order valence-corrected chi connectivity index (χ4v) is 4.34. The van der Waals surface area contributed by atoms with Crippen molar-refractivity contribution in [2.45, 2.75) is 45.1 Å². The van der Waals surface area contributed by atoms with Gasteiger partial charge in [-0.3, -0.25) is 4.98 Å². The zero-order valence-corrected chi connectivity index (χ0v) is 18.4. The molecular formula is C25H30N6. The number of pyridine rings is 1. The zero-order chi connectivity index (χ0) is 21.2. The fourth-order valence-electron chi connectivity index (χ4n) is 4.34. The van der Waals surface area contributed by atoms with Gasteiger partial charge in [-0.15, -0.1) is 5.10 Å². The maximum absolute atomic E-state index is 4.36. The number of anilines is 1. The average molecular weight is 415 g/mol. The molecule has 0 atom stereocenters. The first-order chi connectivity index (χ1) is 15.1. The summed E-state index contributed by atoms with van der Waals surface area (Å²) < 4.78 is 1.89. The lowest BCUT2D eigenvalue weighted by Crippen LogP contribution is -2.10. The Balaban J connectivity index is 1.26. The predicted molar refractivity (Wildman–Crippen MR) is 125 cm³/mol. The number of aromatic amines is 1. The van der Waals surface area contributed by atoms with Crippen LogP contribution in [-0.2, 0) is 13.0 Å². The smallest absolute Gasteiger partial charge is 0.114 e. The van der Waals surface area contributed by atoms with Crippen molar-refractivity contribution < 1.29 is 0 Å². The molecule has 0 aliphatic heterocycles. The summed E-state index contributed by atoms with van der Waals surface area (Å²) in [4.78, 5) is 9.98. The van der Waals surface area contributed by atoms with Crippen LogP contribution in [0.3, 0.4) is 0 Å². The molecule has 1 aromatic carbocycles. The number of benzene rings is 1. The molecule has 1 aliphatic carbocycles. The molecule has 1 saturated carbocycles. The van der Waals surface area contributed by atoms with Crippen molar-refractivity contribution in [3.63, 3.8) is 0 Å². The van der Waals surface area contributed by atoms with Crippen LogP contribution in [0.25, 0.3) is 22.2 Å². The lowest BCUT2D eigenvalue weighted by Gasteiger charge is -2.24. The highest BCUT2D eigenvalue weighted by molar-refractivity contribution is 5.81. The van der Waals surface area contributed by atoms with Gasteiger partial charge in [-0.05, 0) is 47.9 Å². The number of aromatic nitrogens is 5. The van der Waals surface area contributed by atoms with E-state index in [1.165, 1.54) is 54.3 Å². The van der Waals surface area contributed by atoms with E-state index >= 15 is 0 Å². The third-order valence-electron chi connectivity index (χ3n) is 6.45. The van der Waals surface area contributed by atoms with E-state index in [0.717, 1.165) is 29.3 Å². The molecule has 3 heterocycles. The summed E-state index contributed by atoms with van der Waals surface area (Å²) in [5.41, 5.74) is 6.64. The Hall–Kier alpha value is -3.15. The molecule has 1 N–H and O–H groups in total. The molecule has 0 spiro atoms. The van der Waals surface area contributed by atoms with Crippen LogP contribution in [0.1, 0.15) is 43.4 Å². The van der Waals surface area contributed by atoms with E-state index in [2.05, 4.69) is 50.6 Å². The molecule has 6 nitrogen and oxygen atoms in total. The van der Waals surface area contributed by atoms with Crippen LogP contribution in [0.2, 0.25) is 0 Å². The van der Waals surface area contributed by atoms with Crippen molar-refractivity contribution in [3.8, 4) is 11.3 Å². The average Bonchev–Trinajstić information content (AvgIpc) is 3.36. The fraction of sp³-hybridized carbons (Fsp3) is 0.400. The molecule has 3 aromatic heterocycles. The Morgan fingerprint density at radius 1 is 1.13 bits per heavy atom. The quantitative estimate of drug-likeness (QED) is 0.438. The van der Waals surface area contributed by atoms with Gasteiger partial charge in [0.05, 0.1) is 24.6 Å². The van der Waals surface area contributed by atoms with E-state index < -0.39 is 0 Å². The molecule has 0 saturated heterocycles. The molecule has 0 radical (unpaired) electrons. The van der Waals surface area contributed by atoms with E-state index in [0.29, 0.717) is 6.54 Å². The van der Waals surface area contributed by atoms with Crippen LogP contribution in [0, 0.1) is 5.92 Å². The summed E-state index contributed by atoms with van der Waals surface area (Å²) in [5.74, 6) is 0.990. The minimum Gasteiger partial charge on any atom is -0.376 e. The van der Waals surface area contributed by atoms with Gasteiger partial charge in [0, 0.05) is 37.1 Å². The van der Waals surface area contributed by atoms with Crippen LogP contribution >= 0.6 is 0 Å². The number of hydrogen-bond donors (Lipinski definition) is 1. The normalized spacial score (nSPS) is 14.1. The summed E-state index contributed by atoms with van der Waals surface area (Å²) in [5, 5.41) is 9.97. The van der Waals surface area contributed by atoms with Gasteiger partial charge in [0.2, 0.25) is 0 Å². The minimum atomic E-state index is 0.694. The molecule has 6 heteroatoms. The van der Waals surface area contributed by atoms with Gasteiger partial charge in [-0.2, -0.15) is 0 Å². The third-order valence-corrected chi connectivity index (χ3v) is 6.45. The number of H-pyrrole nitrogens is 1. The summed E-state index contributed by atoms with van der Waals surface area (Å²) in [6, 6.07) is 11.0. The number of rotatable bonds is 8. The minimum absolute atomic E-state index is 0.694. The van der Waals surface area contributed by atoms with E-state index in [-0.39, 0.29) is 0 Å². The van der Waals surface area contributed by atoms with E-state index in [4.69, 9.17) is 0 Å². The van der Waals surface area contributed by atoms with E-state index in [1.807, 2.05) is 42.3 Å². The summed E-state index contributed by atoms with van der Waals surface area (Å²) in [6.07, 6.45) is 13.8. The van der Waals surface area contributed by atoms with Crippen LogP contribution in [-0.4, -0.2) is 39.1 Å². The largest absolute Gasteiger partial charge is 0.376 e. The van der Waals surface area contributed by atoms with Crippen LogP contribution in [0.5, 0.6) is 0 Å². The summed E-state index contributed by atoms with van der Waals surface area (Å²) in [7, 11) is 4.02. The number of fused-ring (bicyclic) bond motifs is 1. The van der Waals surface area contributed by atoms with Crippen molar-refractivity contribution in [2.75, 3.05) is 19.0 Å². The number of hydrogen-bond acceptors (Lipinski definition) is 4. The van der Waals surface area contributed by atoms with Gasteiger partial charge < -0.3 is 9.88 Å². The number of aryl methyl sites for hydroxylation is 1. The maximum atomic E-state index is 4.36. The van der Waals surface area contributed by atoms with E-state index in [1.54, 1.807) is 0 Å². The van der Waals surface area contributed by atoms with Crippen molar-refractivity contribution in [1.29, 1.82) is 0 Å². The lowest BCUT2D eigenvalue weighted by molar-refractivity contribution is 0.290. The SMILES string of the molecule is CN(C)c1cncc(-c2cn(Cc3ccc4cc(CCCC5CCC5)[nH]c4c3)nn2)c1. The molecule has 0 unspecified atom stereocenters. The van der Waals surface area contributed by atoms with Crippen LogP contribution in [0.15, 0.2) is 48.9 Å². The van der Waals surface area contributed by atoms with Gasteiger partial charge >= 0.3 is 0 Å². The second kappa shape index (κ2) is 8.53. The van der Waals surface area contributed by atoms with Crippen molar-refractivity contribution >= 4 is 16.6 Å². The highest BCUT2D eigenvalue weighted by Gasteiger charge is 2.16. The van der Waals surface area contributed by atoms with Crippen molar-refractivity contribution in [2.24, 2.45) is 5.92 Å². The number of nitrogens with one attached hydrogen (secondary N) is 1. The Kier molecular flexibility index (Phi) is 5.45. The van der Waals surface area contributed by atoms with Crippen LogP contribution in [0.4, 0.5) is 5.69 Å². The molecule has 1 aliphatic rings. The van der Waals surface area contributed by atoms with Gasteiger partial charge in [-0.1, -0.05) is 43.0 Å². The standard InChI is InChI=1S/C25H30N6/c1-30(2)23-13-21(14-26-15-23)25-17-31(29-28-25)16-19-9-10-20-12-22(27-24(20)11-19)8-4-7-18-5-3-6-18/h9-15,17-18,27H,3-8,16H2,1-2H3. The third kappa shape index (κ3) is 4.48. The zero-order valence-electron chi connectivity index (χ0n) is 18.4. The molecule has 1 fully saturated rings. The summed E-state index contributed by atoms with van der Waals surface area (Å²) >= 11 is 0. The first-order valence-corrected chi connectivity index (χ1v) is 11.3. The lowest BCUT2D eigenvalue weighted by atomic mass is 9.82. The van der Waals surface area contributed by atoms with Gasteiger partial charge in [-0.25, -0.2) is 4.68 Å².